The smallest absolute Gasteiger partial charge is 0.475 e. The van der Waals surface area contributed by atoms with Crippen LogP contribution < -0.4 is 0 Å². The van der Waals surface area contributed by atoms with Crippen LogP contribution in [0.25, 0.3) is 0 Å². The van der Waals surface area contributed by atoms with Crippen LogP contribution in [0.15, 0.2) is 30.3 Å². The number of rotatable bonds is 2. The number of halogens is 3. The molecule has 0 amide bonds. The maximum absolute atomic E-state index is 10.6. The van der Waals surface area contributed by atoms with Crippen molar-refractivity contribution in [2.45, 2.75) is 12.6 Å². The molecule has 0 bridgehead atoms. The monoisotopic (exact) mass is 236 g/mol. The minimum atomic E-state index is -5.08. The number of aliphatic carboxylic acids is 1. The number of alkyl halides is 3. The van der Waals surface area contributed by atoms with Gasteiger partial charge in [0.2, 0.25) is 0 Å². The zero-order valence-electron chi connectivity index (χ0n) is 8.24. The number of carbonyl (C=O) groups is 1. The van der Waals surface area contributed by atoms with Crippen molar-refractivity contribution < 1.29 is 28.2 Å². The van der Waals surface area contributed by atoms with Crippen molar-refractivity contribution in [3.63, 3.8) is 0 Å². The summed E-state index contributed by atoms with van der Waals surface area (Å²) in [4.78, 5) is 8.90. The second-order valence-electron chi connectivity index (χ2n) is 2.76. The lowest BCUT2D eigenvalue weighted by molar-refractivity contribution is -0.192. The first-order valence-electron chi connectivity index (χ1n) is 4.33. The lowest BCUT2D eigenvalue weighted by Crippen LogP contribution is -2.21. The highest BCUT2D eigenvalue weighted by Crippen LogP contribution is 2.13. The van der Waals surface area contributed by atoms with Crippen molar-refractivity contribution >= 4 is 5.97 Å². The molecule has 0 spiro atoms. The standard InChI is InChI=1S/C8H10O.C2HF3O2/c9-7-6-8-4-2-1-3-5-8;3-2(4,5)1(6)7/h1-5,9H,6-7H2;(H,6,7). The van der Waals surface area contributed by atoms with Crippen LogP contribution in [0.2, 0.25) is 0 Å². The number of aliphatic hydroxyl groups is 1. The molecular weight excluding hydrogens is 225 g/mol. The predicted molar refractivity (Wildman–Crippen MR) is 50.9 cm³/mol. The summed E-state index contributed by atoms with van der Waals surface area (Å²) in [5.41, 5.74) is 1.19. The first-order chi connectivity index (χ1) is 7.38. The Bertz CT molecular complexity index is 309. The minimum Gasteiger partial charge on any atom is -0.475 e. The van der Waals surface area contributed by atoms with Gasteiger partial charge < -0.3 is 10.2 Å². The zero-order chi connectivity index (χ0) is 12.6. The van der Waals surface area contributed by atoms with Gasteiger partial charge in [0, 0.05) is 6.61 Å². The Kier molecular flexibility index (Phi) is 6.17. The molecule has 0 aliphatic rings. The maximum Gasteiger partial charge on any atom is 0.490 e. The topological polar surface area (TPSA) is 57.5 Å². The van der Waals surface area contributed by atoms with Crippen LogP contribution in [0.1, 0.15) is 5.56 Å². The summed E-state index contributed by atoms with van der Waals surface area (Å²) in [6, 6.07) is 9.95. The van der Waals surface area contributed by atoms with Gasteiger partial charge in [-0.3, -0.25) is 0 Å². The molecule has 3 nitrogen and oxygen atoms in total. The molecule has 6 heteroatoms. The molecule has 0 atom stereocenters. The van der Waals surface area contributed by atoms with Gasteiger partial charge in [0.05, 0.1) is 0 Å². The van der Waals surface area contributed by atoms with E-state index in [1.54, 1.807) is 0 Å². The van der Waals surface area contributed by atoms with Crippen molar-refractivity contribution in [3.8, 4) is 0 Å². The largest absolute Gasteiger partial charge is 0.490 e. The summed E-state index contributed by atoms with van der Waals surface area (Å²) in [7, 11) is 0. The van der Waals surface area contributed by atoms with Crippen molar-refractivity contribution in [1.82, 2.24) is 0 Å². The van der Waals surface area contributed by atoms with E-state index >= 15 is 0 Å². The summed E-state index contributed by atoms with van der Waals surface area (Å²) >= 11 is 0. The fourth-order valence-corrected chi connectivity index (χ4v) is 0.774. The van der Waals surface area contributed by atoms with Gasteiger partial charge in [0.1, 0.15) is 0 Å². The average molecular weight is 236 g/mol. The molecular formula is C10H11F3O3. The van der Waals surface area contributed by atoms with Gasteiger partial charge >= 0.3 is 12.1 Å². The summed E-state index contributed by atoms with van der Waals surface area (Å²) in [6.45, 7) is 0.240. The molecule has 0 radical (unpaired) electrons. The van der Waals surface area contributed by atoms with Gasteiger partial charge in [-0.2, -0.15) is 13.2 Å². The molecule has 1 aromatic carbocycles. The Morgan fingerprint density at radius 3 is 1.94 bits per heavy atom. The lowest BCUT2D eigenvalue weighted by Gasteiger charge is -1.93. The lowest BCUT2D eigenvalue weighted by atomic mass is 10.2. The van der Waals surface area contributed by atoms with Crippen LogP contribution in [0, 0.1) is 0 Å². The van der Waals surface area contributed by atoms with Gasteiger partial charge in [-0.25, -0.2) is 4.79 Å². The maximum atomic E-state index is 10.6. The third-order valence-electron chi connectivity index (χ3n) is 1.49. The van der Waals surface area contributed by atoms with E-state index in [-0.39, 0.29) is 6.61 Å². The van der Waals surface area contributed by atoms with Crippen LogP contribution >= 0.6 is 0 Å². The number of aliphatic hydroxyl groups excluding tert-OH is 1. The first-order valence-corrected chi connectivity index (χ1v) is 4.33. The Labute approximate surface area is 90.1 Å². The number of hydrogen-bond donors (Lipinski definition) is 2. The molecule has 0 unspecified atom stereocenters. The molecule has 0 aromatic heterocycles. The summed E-state index contributed by atoms with van der Waals surface area (Å²) in [5.74, 6) is -2.76. The second-order valence-corrected chi connectivity index (χ2v) is 2.76. The Balaban J connectivity index is 0.000000293. The quantitative estimate of drug-likeness (QED) is 0.823. The molecule has 1 rings (SSSR count). The number of carboxylic acid groups (broad SMARTS) is 1. The number of hydrogen-bond acceptors (Lipinski definition) is 2. The van der Waals surface area contributed by atoms with Crippen LogP contribution in [0.5, 0.6) is 0 Å². The Morgan fingerprint density at radius 2 is 1.62 bits per heavy atom. The van der Waals surface area contributed by atoms with Crippen molar-refractivity contribution in [2.75, 3.05) is 6.61 Å². The van der Waals surface area contributed by atoms with Gasteiger partial charge in [-0.1, -0.05) is 30.3 Å². The number of carboxylic acids is 1. The van der Waals surface area contributed by atoms with Crippen LogP contribution in [0.4, 0.5) is 13.2 Å². The van der Waals surface area contributed by atoms with Crippen molar-refractivity contribution in [1.29, 1.82) is 0 Å². The SMILES string of the molecule is O=C(O)C(F)(F)F.OCCc1ccccc1. The molecule has 90 valence electrons. The molecule has 16 heavy (non-hydrogen) atoms. The predicted octanol–water partition coefficient (Wildman–Crippen LogP) is 1.85. The molecule has 1 aromatic rings. The molecule has 2 N–H and O–H groups in total. The van der Waals surface area contributed by atoms with Crippen LogP contribution in [-0.2, 0) is 11.2 Å². The van der Waals surface area contributed by atoms with E-state index in [4.69, 9.17) is 15.0 Å². The van der Waals surface area contributed by atoms with E-state index in [0.29, 0.717) is 0 Å². The third-order valence-corrected chi connectivity index (χ3v) is 1.49. The highest BCUT2D eigenvalue weighted by molar-refractivity contribution is 5.73. The van der Waals surface area contributed by atoms with E-state index < -0.39 is 12.1 Å². The molecule has 0 heterocycles. The van der Waals surface area contributed by atoms with E-state index in [2.05, 4.69) is 0 Å². The normalized spacial score (nSPS) is 10.2. The summed E-state index contributed by atoms with van der Waals surface area (Å²) in [5, 5.41) is 15.6. The molecule has 0 fully saturated rings. The van der Waals surface area contributed by atoms with Gasteiger partial charge in [0.15, 0.2) is 0 Å². The summed E-state index contributed by atoms with van der Waals surface area (Å²) in [6.07, 6.45) is -4.32. The summed E-state index contributed by atoms with van der Waals surface area (Å²) < 4.78 is 31.7. The van der Waals surface area contributed by atoms with E-state index in [9.17, 15) is 13.2 Å². The molecule has 0 saturated heterocycles. The Hall–Kier alpha value is -1.56. The second kappa shape index (κ2) is 6.84. The van der Waals surface area contributed by atoms with Gasteiger partial charge in [-0.15, -0.1) is 0 Å². The fourth-order valence-electron chi connectivity index (χ4n) is 0.774. The number of benzene rings is 1. The average Bonchev–Trinajstić information content (AvgIpc) is 2.19. The molecule has 0 aliphatic heterocycles. The third kappa shape index (κ3) is 6.83. The first kappa shape index (κ1) is 14.4. The highest BCUT2D eigenvalue weighted by atomic mass is 19.4. The Morgan fingerprint density at radius 1 is 1.19 bits per heavy atom. The van der Waals surface area contributed by atoms with Crippen molar-refractivity contribution in [2.24, 2.45) is 0 Å². The zero-order valence-corrected chi connectivity index (χ0v) is 8.24. The van der Waals surface area contributed by atoms with E-state index in [1.165, 1.54) is 5.56 Å². The van der Waals surface area contributed by atoms with Crippen LogP contribution in [-0.4, -0.2) is 29.0 Å². The van der Waals surface area contributed by atoms with E-state index in [0.717, 1.165) is 6.42 Å². The van der Waals surface area contributed by atoms with Gasteiger partial charge in [-0.05, 0) is 12.0 Å². The van der Waals surface area contributed by atoms with E-state index in [1.807, 2.05) is 30.3 Å². The van der Waals surface area contributed by atoms with Crippen molar-refractivity contribution in [3.05, 3.63) is 35.9 Å². The minimum absolute atomic E-state index is 0.240. The molecule has 0 saturated carbocycles. The highest BCUT2D eigenvalue weighted by Gasteiger charge is 2.38. The molecule has 0 aliphatic carbocycles. The fraction of sp³-hybridized carbons (Fsp3) is 0.300. The van der Waals surface area contributed by atoms with Crippen LogP contribution in [0.3, 0.4) is 0 Å². The van der Waals surface area contributed by atoms with Gasteiger partial charge in [0.25, 0.3) is 0 Å².